The molecule has 0 aliphatic rings. The quantitative estimate of drug-likeness (QED) is 0.428. The van der Waals surface area contributed by atoms with Gasteiger partial charge in [-0.2, -0.15) is 0 Å². The topological polar surface area (TPSA) is 89.3 Å². The lowest BCUT2D eigenvalue weighted by Gasteiger charge is -2.11. The van der Waals surface area contributed by atoms with Gasteiger partial charge in [0.25, 0.3) is 11.6 Å². The molecule has 26 heavy (non-hydrogen) atoms. The van der Waals surface area contributed by atoms with Crippen LogP contribution in [0, 0.1) is 10.1 Å². The molecular weight excluding hydrogens is 332 g/mol. The van der Waals surface area contributed by atoms with Gasteiger partial charge in [0.1, 0.15) is 0 Å². The minimum absolute atomic E-state index is 0.0645. The number of carbonyl (C=O) groups excluding carboxylic acids is 2. The van der Waals surface area contributed by atoms with E-state index in [1.54, 1.807) is 60.7 Å². The highest BCUT2D eigenvalue weighted by atomic mass is 16.6. The van der Waals surface area contributed by atoms with Crippen molar-refractivity contribution in [3.05, 3.63) is 106 Å². The van der Waals surface area contributed by atoms with Crippen molar-refractivity contribution in [1.82, 2.24) is 0 Å². The number of ketones is 1. The van der Waals surface area contributed by atoms with Gasteiger partial charge in [0, 0.05) is 23.3 Å². The fraction of sp³-hybridized carbons (Fsp3) is 0. The molecule has 3 rings (SSSR count). The van der Waals surface area contributed by atoms with Gasteiger partial charge in [0.2, 0.25) is 0 Å². The minimum atomic E-state index is -0.579. The second-order valence-electron chi connectivity index (χ2n) is 5.50. The van der Waals surface area contributed by atoms with E-state index in [0.717, 1.165) is 0 Å². The Balaban J connectivity index is 2.00. The molecule has 1 amide bonds. The molecule has 1 N–H and O–H groups in total. The summed E-state index contributed by atoms with van der Waals surface area (Å²) in [6, 6.07) is 20.7. The maximum Gasteiger partial charge on any atom is 0.270 e. The van der Waals surface area contributed by atoms with E-state index in [4.69, 9.17) is 0 Å². The number of hydrogen-bond acceptors (Lipinski definition) is 4. The molecule has 128 valence electrons. The van der Waals surface area contributed by atoms with Gasteiger partial charge in [-0.15, -0.1) is 0 Å². The van der Waals surface area contributed by atoms with Crippen molar-refractivity contribution in [2.24, 2.45) is 0 Å². The number of benzene rings is 3. The van der Waals surface area contributed by atoms with Gasteiger partial charge in [-0.3, -0.25) is 19.7 Å². The average molecular weight is 346 g/mol. The second-order valence-corrected chi connectivity index (χ2v) is 5.50. The Kier molecular flexibility index (Phi) is 4.85. The van der Waals surface area contributed by atoms with Crippen molar-refractivity contribution in [1.29, 1.82) is 0 Å². The molecule has 0 saturated carbocycles. The van der Waals surface area contributed by atoms with Crippen LogP contribution in [0.25, 0.3) is 0 Å². The van der Waals surface area contributed by atoms with Crippen LogP contribution in [0.4, 0.5) is 11.4 Å². The van der Waals surface area contributed by atoms with Gasteiger partial charge in [-0.25, -0.2) is 0 Å². The molecule has 0 unspecified atom stereocenters. The first-order valence-corrected chi connectivity index (χ1v) is 7.81. The van der Waals surface area contributed by atoms with E-state index < -0.39 is 16.6 Å². The molecule has 3 aromatic rings. The Hall–Kier alpha value is -3.80. The number of hydrogen-bond donors (Lipinski definition) is 1. The number of non-ortho nitro benzene ring substituents is 1. The molecule has 0 bridgehead atoms. The van der Waals surface area contributed by atoms with Gasteiger partial charge in [0.05, 0.1) is 16.2 Å². The summed E-state index contributed by atoms with van der Waals surface area (Å²) >= 11 is 0. The lowest BCUT2D eigenvalue weighted by atomic mass is 10.0. The first-order chi connectivity index (χ1) is 12.6. The van der Waals surface area contributed by atoms with E-state index in [1.807, 2.05) is 0 Å². The zero-order valence-electron chi connectivity index (χ0n) is 13.6. The zero-order valence-corrected chi connectivity index (χ0v) is 13.6. The molecule has 0 saturated heterocycles. The monoisotopic (exact) mass is 346 g/mol. The van der Waals surface area contributed by atoms with Crippen molar-refractivity contribution in [3.63, 3.8) is 0 Å². The van der Waals surface area contributed by atoms with E-state index in [2.05, 4.69) is 5.32 Å². The number of anilines is 1. The number of amides is 1. The molecule has 0 aromatic heterocycles. The predicted octanol–water partition coefficient (Wildman–Crippen LogP) is 4.08. The maximum absolute atomic E-state index is 12.8. The lowest BCUT2D eigenvalue weighted by molar-refractivity contribution is -0.384. The van der Waals surface area contributed by atoms with Crippen LogP contribution in [0.15, 0.2) is 78.9 Å². The summed E-state index contributed by atoms with van der Waals surface area (Å²) in [4.78, 5) is 35.7. The summed E-state index contributed by atoms with van der Waals surface area (Å²) in [5.74, 6) is -0.806. The molecule has 3 aromatic carbocycles. The molecule has 0 atom stereocenters. The van der Waals surface area contributed by atoms with Crippen LogP contribution in [0.3, 0.4) is 0 Å². The third-order valence-corrected chi connectivity index (χ3v) is 3.78. The van der Waals surface area contributed by atoms with Gasteiger partial charge in [0.15, 0.2) is 5.78 Å². The Morgan fingerprint density at radius 1 is 0.808 bits per heavy atom. The average Bonchev–Trinajstić information content (AvgIpc) is 2.69. The fourth-order valence-electron chi connectivity index (χ4n) is 2.47. The SMILES string of the molecule is O=C(Nc1ccc([N+](=O)[O-])cc1C(=O)c1ccccc1)c1ccccc1. The normalized spacial score (nSPS) is 10.2. The van der Waals surface area contributed by atoms with Crippen molar-refractivity contribution < 1.29 is 14.5 Å². The predicted molar refractivity (Wildman–Crippen MR) is 97.4 cm³/mol. The van der Waals surface area contributed by atoms with Crippen LogP contribution in [0.2, 0.25) is 0 Å². The zero-order chi connectivity index (χ0) is 18.5. The molecule has 0 radical (unpaired) electrons. The van der Waals surface area contributed by atoms with Crippen LogP contribution in [-0.2, 0) is 0 Å². The summed E-state index contributed by atoms with van der Waals surface area (Å²) in [6.45, 7) is 0. The molecule has 0 aliphatic carbocycles. The highest BCUT2D eigenvalue weighted by molar-refractivity contribution is 6.15. The molecule has 6 heteroatoms. The molecular formula is C20H14N2O4. The Morgan fingerprint density at radius 3 is 1.96 bits per heavy atom. The first kappa shape index (κ1) is 17.0. The number of nitrogens with zero attached hydrogens (tertiary/aromatic N) is 1. The van der Waals surface area contributed by atoms with Crippen molar-refractivity contribution in [3.8, 4) is 0 Å². The van der Waals surface area contributed by atoms with Crippen LogP contribution in [-0.4, -0.2) is 16.6 Å². The van der Waals surface area contributed by atoms with E-state index in [9.17, 15) is 19.7 Å². The Bertz CT molecular complexity index is 970. The highest BCUT2D eigenvalue weighted by Crippen LogP contribution is 2.25. The number of carbonyl (C=O) groups is 2. The Labute approximate surface area is 149 Å². The Morgan fingerprint density at radius 2 is 1.38 bits per heavy atom. The first-order valence-electron chi connectivity index (χ1n) is 7.81. The number of rotatable bonds is 5. The van der Waals surface area contributed by atoms with Crippen LogP contribution >= 0.6 is 0 Å². The minimum Gasteiger partial charge on any atom is -0.321 e. The van der Waals surface area contributed by atoms with Crippen LogP contribution in [0.5, 0.6) is 0 Å². The summed E-state index contributed by atoms with van der Waals surface area (Å²) in [5, 5.41) is 13.7. The van der Waals surface area contributed by atoms with Gasteiger partial charge < -0.3 is 5.32 Å². The molecule has 0 fully saturated rings. The fourth-order valence-corrected chi connectivity index (χ4v) is 2.47. The molecule has 0 aliphatic heterocycles. The largest absolute Gasteiger partial charge is 0.321 e. The van der Waals surface area contributed by atoms with E-state index in [-0.39, 0.29) is 16.9 Å². The summed E-state index contributed by atoms with van der Waals surface area (Å²) < 4.78 is 0. The number of nitro benzene ring substituents is 1. The van der Waals surface area contributed by atoms with Crippen molar-refractivity contribution >= 4 is 23.1 Å². The maximum atomic E-state index is 12.8. The summed E-state index contributed by atoms with van der Waals surface area (Å²) in [7, 11) is 0. The second kappa shape index (κ2) is 7.40. The van der Waals surface area contributed by atoms with E-state index in [1.165, 1.54) is 18.2 Å². The number of nitrogens with one attached hydrogen (secondary N) is 1. The van der Waals surface area contributed by atoms with Crippen molar-refractivity contribution in [2.45, 2.75) is 0 Å². The smallest absolute Gasteiger partial charge is 0.270 e. The summed E-state index contributed by atoms with van der Waals surface area (Å²) in [6.07, 6.45) is 0. The molecule has 0 heterocycles. The van der Waals surface area contributed by atoms with Gasteiger partial charge >= 0.3 is 0 Å². The van der Waals surface area contributed by atoms with Gasteiger partial charge in [-0.05, 0) is 18.2 Å². The van der Waals surface area contributed by atoms with Crippen LogP contribution in [0.1, 0.15) is 26.3 Å². The van der Waals surface area contributed by atoms with E-state index in [0.29, 0.717) is 11.1 Å². The lowest BCUT2D eigenvalue weighted by Crippen LogP contribution is -2.15. The third-order valence-electron chi connectivity index (χ3n) is 3.78. The highest BCUT2D eigenvalue weighted by Gasteiger charge is 2.19. The van der Waals surface area contributed by atoms with E-state index >= 15 is 0 Å². The van der Waals surface area contributed by atoms with Gasteiger partial charge in [-0.1, -0.05) is 48.5 Å². The third kappa shape index (κ3) is 3.64. The standard InChI is InChI=1S/C20H14N2O4/c23-19(14-7-3-1-4-8-14)17-13-16(22(25)26)11-12-18(17)21-20(24)15-9-5-2-6-10-15/h1-13H,(H,21,24). The number of nitro groups is 1. The molecule has 0 spiro atoms. The van der Waals surface area contributed by atoms with Crippen molar-refractivity contribution in [2.75, 3.05) is 5.32 Å². The molecule has 6 nitrogen and oxygen atoms in total. The summed E-state index contributed by atoms with van der Waals surface area (Å²) in [5.41, 5.74) is 0.863. The van der Waals surface area contributed by atoms with Crippen LogP contribution < -0.4 is 5.32 Å².